The molecule has 0 aliphatic heterocycles. The zero-order valence-electron chi connectivity index (χ0n) is 8.51. The molecule has 0 saturated carbocycles. The highest BCUT2D eigenvalue weighted by Crippen LogP contribution is 2.12. The topological polar surface area (TPSA) is 72.2 Å². The molecule has 17 heavy (non-hydrogen) atoms. The van der Waals surface area contributed by atoms with E-state index in [0.29, 0.717) is 5.69 Å². The van der Waals surface area contributed by atoms with Crippen LogP contribution < -0.4 is 10.9 Å². The smallest absolute Gasteiger partial charge is 0.335 e. The highest BCUT2D eigenvalue weighted by Gasteiger charge is 2.07. The van der Waals surface area contributed by atoms with E-state index in [1.807, 2.05) is 0 Å². The number of carbonyl (C=O) groups excluding carboxylic acids is 1. The summed E-state index contributed by atoms with van der Waals surface area (Å²) in [5, 5.41) is 2.87. The summed E-state index contributed by atoms with van der Waals surface area (Å²) >= 11 is 5.67. The van der Waals surface area contributed by atoms with Crippen molar-refractivity contribution in [2.24, 2.45) is 0 Å². The van der Waals surface area contributed by atoms with E-state index < -0.39 is 11.5 Å². The first-order valence-electron chi connectivity index (χ1n) is 4.67. The Morgan fingerprint density at radius 2 is 2.18 bits per heavy atom. The van der Waals surface area contributed by atoms with Gasteiger partial charge in [0.25, 0.3) is 5.91 Å². The van der Waals surface area contributed by atoms with Crippen molar-refractivity contribution in [1.82, 2.24) is 4.98 Å². The van der Waals surface area contributed by atoms with Gasteiger partial charge >= 0.3 is 5.63 Å². The Balaban J connectivity index is 2.17. The molecule has 6 heteroatoms. The SMILES string of the molecule is O=C(Nc1ccnc(Cl)c1)c1ccc(=O)oc1. The summed E-state index contributed by atoms with van der Waals surface area (Å²) in [6.45, 7) is 0. The Kier molecular flexibility index (Phi) is 3.20. The third kappa shape index (κ3) is 2.92. The van der Waals surface area contributed by atoms with Crippen LogP contribution in [0.3, 0.4) is 0 Å². The molecule has 0 aliphatic rings. The molecule has 86 valence electrons. The summed E-state index contributed by atoms with van der Waals surface area (Å²) in [6, 6.07) is 5.67. The number of amides is 1. The van der Waals surface area contributed by atoms with Gasteiger partial charge in [-0.3, -0.25) is 4.79 Å². The summed E-state index contributed by atoms with van der Waals surface area (Å²) in [6.07, 6.45) is 2.57. The second-order valence-corrected chi connectivity index (χ2v) is 3.55. The lowest BCUT2D eigenvalue weighted by atomic mass is 10.3. The van der Waals surface area contributed by atoms with Crippen LogP contribution in [0.4, 0.5) is 5.69 Å². The Morgan fingerprint density at radius 3 is 2.82 bits per heavy atom. The molecule has 0 radical (unpaired) electrons. The number of nitrogens with zero attached hydrogens (tertiary/aromatic N) is 1. The molecule has 0 aliphatic carbocycles. The maximum Gasteiger partial charge on any atom is 0.335 e. The molecule has 0 aromatic carbocycles. The molecule has 0 saturated heterocycles. The molecule has 0 bridgehead atoms. The van der Waals surface area contributed by atoms with Crippen LogP contribution in [-0.4, -0.2) is 10.9 Å². The van der Waals surface area contributed by atoms with Gasteiger partial charge < -0.3 is 9.73 Å². The lowest BCUT2D eigenvalue weighted by molar-refractivity contribution is 0.102. The second kappa shape index (κ2) is 4.80. The number of halogens is 1. The van der Waals surface area contributed by atoms with E-state index in [4.69, 9.17) is 11.6 Å². The maximum absolute atomic E-state index is 11.7. The Bertz CT molecular complexity index is 589. The quantitative estimate of drug-likeness (QED) is 0.827. The van der Waals surface area contributed by atoms with Gasteiger partial charge in [-0.15, -0.1) is 0 Å². The highest BCUT2D eigenvalue weighted by atomic mass is 35.5. The number of aromatic nitrogens is 1. The van der Waals surface area contributed by atoms with E-state index >= 15 is 0 Å². The molecule has 1 amide bonds. The first kappa shape index (κ1) is 11.3. The second-order valence-electron chi connectivity index (χ2n) is 3.16. The molecule has 1 N–H and O–H groups in total. The molecule has 2 rings (SSSR count). The van der Waals surface area contributed by atoms with E-state index in [9.17, 15) is 9.59 Å². The minimum atomic E-state index is -0.506. The summed E-state index contributed by atoms with van der Waals surface area (Å²) in [5.74, 6) is -0.393. The maximum atomic E-state index is 11.7. The minimum absolute atomic E-state index is 0.248. The molecule has 2 aromatic heterocycles. The van der Waals surface area contributed by atoms with Crippen molar-refractivity contribution in [3.05, 3.63) is 57.9 Å². The average molecular weight is 251 g/mol. The summed E-state index contributed by atoms with van der Waals surface area (Å²) < 4.78 is 4.59. The van der Waals surface area contributed by atoms with Crippen LogP contribution in [0, 0.1) is 0 Å². The van der Waals surface area contributed by atoms with E-state index in [0.717, 1.165) is 6.26 Å². The molecule has 2 aromatic rings. The lowest BCUT2D eigenvalue weighted by Gasteiger charge is -2.03. The fourth-order valence-electron chi connectivity index (χ4n) is 1.17. The minimum Gasteiger partial charge on any atom is -0.430 e. The molecular formula is C11H7ClN2O3. The predicted molar refractivity (Wildman–Crippen MR) is 62.2 cm³/mol. The molecular weight excluding hydrogens is 244 g/mol. The van der Waals surface area contributed by atoms with Gasteiger partial charge in [0.1, 0.15) is 11.4 Å². The number of carbonyl (C=O) groups is 1. The van der Waals surface area contributed by atoms with Crippen molar-refractivity contribution in [2.45, 2.75) is 0 Å². The van der Waals surface area contributed by atoms with E-state index in [-0.39, 0.29) is 10.7 Å². The number of pyridine rings is 1. The van der Waals surface area contributed by atoms with Crippen molar-refractivity contribution in [3.8, 4) is 0 Å². The Hall–Kier alpha value is -2.14. The van der Waals surface area contributed by atoms with E-state index in [1.165, 1.54) is 24.4 Å². The number of anilines is 1. The van der Waals surface area contributed by atoms with Gasteiger partial charge in [-0.25, -0.2) is 9.78 Å². The van der Waals surface area contributed by atoms with E-state index in [2.05, 4.69) is 14.7 Å². The molecule has 0 unspecified atom stereocenters. The third-order valence-electron chi connectivity index (χ3n) is 1.95. The van der Waals surface area contributed by atoms with Crippen LogP contribution in [0.25, 0.3) is 0 Å². The van der Waals surface area contributed by atoms with E-state index in [1.54, 1.807) is 6.07 Å². The van der Waals surface area contributed by atoms with Gasteiger partial charge in [-0.1, -0.05) is 11.6 Å². The predicted octanol–water partition coefficient (Wildman–Crippen LogP) is 1.94. The normalized spacial score (nSPS) is 9.94. The average Bonchev–Trinajstić information content (AvgIpc) is 2.29. The van der Waals surface area contributed by atoms with Crippen molar-refractivity contribution in [1.29, 1.82) is 0 Å². The van der Waals surface area contributed by atoms with Crippen molar-refractivity contribution in [3.63, 3.8) is 0 Å². The van der Waals surface area contributed by atoms with Crippen LogP contribution in [0.2, 0.25) is 5.15 Å². The highest BCUT2D eigenvalue weighted by molar-refractivity contribution is 6.29. The lowest BCUT2D eigenvalue weighted by Crippen LogP contribution is -2.12. The zero-order valence-corrected chi connectivity index (χ0v) is 9.27. The van der Waals surface area contributed by atoms with Gasteiger partial charge in [-0.05, 0) is 18.2 Å². The van der Waals surface area contributed by atoms with Crippen molar-refractivity contribution in [2.75, 3.05) is 5.32 Å². The van der Waals surface area contributed by atoms with Crippen LogP contribution in [0.5, 0.6) is 0 Å². The first-order valence-corrected chi connectivity index (χ1v) is 5.05. The number of hydrogen-bond acceptors (Lipinski definition) is 4. The third-order valence-corrected chi connectivity index (χ3v) is 2.15. The van der Waals surface area contributed by atoms with Crippen molar-refractivity contribution < 1.29 is 9.21 Å². The zero-order chi connectivity index (χ0) is 12.3. The monoisotopic (exact) mass is 250 g/mol. The number of nitrogens with one attached hydrogen (secondary N) is 1. The number of rotatable bonds is 2. The van der Waals surface area contributed by atoms with Crippen LogP contribution >= 0.6 is 11.6 Å². The summed E-state index contributed by atoms with van der Waals surface area (Å²) in [4.78, 5) is 26.2. The largest absolute Gasteiger partial charge is 0.430 e. The van der Waals surface area contributed by atoms with Crippen LogP contribution in [0.15, 0.2) is 45.9 Å². The molecule has 0 fully saturated rings. The molecule has 0 spiro atoms. The Morgan fingerprint density at radius 1 is 1.35 bits per heavy atom. The van der Waals surface area contributed by atoms with Gasteiger partial charge in [0, 0.05) is 18.0 Å². The first-order chi connectivity index (χ1) is 8.15. The fourth-order valence-corrected chi connectivity index (χ4v) is 1.34. The van der Waals surface area contributed by atoms with Crippen LogP contribution in [-0.2, 0) is 0 Å². The molecule has 5 nitrogen and oxygen atoms in total. The Labute approximate surface area is 101 Å². The van der Waals surface area contributed by atoms with Gasteiger partial charge in [0.05, 0.1) is 5.56 Å². The van der Waals surface area contributed by atoms with Crippen LogP contribution in [0.1, 0.15) is 10.4 Å². The summed E-state index contributed by atoms with van der Waals surface area (Å²) in [7, 11) is 0. The fraction of sp³-hybridized carbons (Fsp3) is 0. The van der Waals surface area contributed by atoms with Gasteiger partial charge in [0.15, 0.2) is 0 Å². The van der Waals surface area contributed by atoms with Gasteiger partial charge in [-0.2, -0.15) is 0 Å². The van der Waals surface area contributed by atoms with Crippen molar-refractivity contribution >= 4 is 23.2 Å². The standard InChI is InChI=1S/C11H7ClN2O3/c12-9-5-8(3-4-13-9)14-11(16)7-1-2-10(15)17-6-7/h1-6H,(H,13,14,16). The van der Waals surface area contributed by atoms with Gasteiger partial charge in [0.2, 0.25) is 0 Å². The molecule has 2 heterocycles. The summed E-state index contributed by atoms with van der Waals surface area (Å²) in [5.41, 5.74) is 0.257. The number of hydrogen-bond donors (Lipinski definition) is 1. The molecule has 0 atom stereocenters.